The molecule has 3 unspecified atom stereocenters. The SMILES string of the molecule is C=CC(=O)OC1(C(=O)OC(C)(C)C)CC2CCC1C2. The van der Waals surface area contributed by atoms with Crippen LogP contribution < -0.4 is 0 Å². The molecular weight excluding hydrogens is 244 g/mol. The fourth-order valence-corrected chi connectivity index (χ4v) is 3.28. The van der Waals surface area contributed by atoms with Crippen LogP contribution in [0.25, 0.3) is 0 Å². The van der Waals surface area contributed by atoms with Gasteiger partial charge in [-0.05, 0) is 46.0 Å². The second-order valence-electron chi connectivity index (χ2n) is 6.60. The molecule has 0 amide bonds. The van der Waals surface area contributed by atoms with Gasteiger partial charge in [0.05, 0.1) is 0 Å². The van der Waals surface area contributed by atoms with Crippen molar-refractivity contribution in [3.05, 3.63) is 12.7 Å². The summed E-state index contributed by atoms with van der Waals surface area (Å²) in [4.78, 5) is 24.1. The Balaban J connectivity index is 2.22. The predicted octanol–water partition coefficient (Wildman–Crippen LogP) is 2.62. The molecule has 2 bridgehead atoms. The lowest BCUT2D eigenvalue weighted by Gasteiger charge is -2.36. The summed E-state index contributed by atoms with van der Waals surface area (Å²) in [6.45, 7) is 8.86. The molecule has 0 aliphatic heterocycles. The van der Waals surface area contributed by atoms with Gasteiger partial charge < -0.3 is 9.47 Å². The van der Waals surface area contributed by atoms with E-state index in [-0.39, 0.29) is 5.92 Å². The number of carbonyl (C=O) groups is 2. The third kappa shape index (κ3) is 2.67. The molecule has 2 fully saturated rings. The zero-order valence-electron chi connectivity index (χ0n) is 11.9. The van der Waals surface area contributed by atoms with Gasteiger partial charge in [0.2, 0.25) is 5.60 Å². The molecule has 0 heterocycles. The Kier molecular flexibility index (Phi) is 3.45. The first-order valence-corrected chi connectivity index (χ1v) is 6.86. The lowest BCUT2D eigenvalue weighted by molar-refractivity contribution is -0.195. The van der Waals surface area contributed by atoms with Gasteiger partial charge in [-0.2, -0.15) is 0 Å². The summed E-state index contributed by atoms with van der Waals surface area (Å²) >= 11 is 0. The van der Waals surface area contributed by atoms with Crippen molar-refractivity contribution in [2.45, 2.75) is 57.7 Å². The molecule has 2 saturated carbocycles. The average molecular weight is 266 g/mol. The highest BCUT2D eigenvalue weighted by Crippen LogP contribution is 2.53. The van der Waals surface area contributed by atoms with Gasteiger partial charge in [0, 0.05) is 18.4 Å². The van der Waals surface area contributed by atoms with Crippen LogP contribution in [0.15, 0.2) is 12.7 Å². The zero-order valence-corrected chi connectivity index (χ0v) is 11.9. The maximum absolute atomic E-state index is 12.5. The minimum absolute atomic E-state index is 0.0937. The molecule has 4 nitrogen and oxygen atoms in total. The van der Waals surface area contributed by atoms with E-state index in [0.717, 1.165) is 25.3 Å². The summed E-state index contributed by atoms with van der Waals surface area (Å²) < 4.78 is 10.9. The summed E-state index contributed by atoms with van der Waals surface area (Å²) in [6.07, 6.45) is 4.68. The zero-order chi connectivity index (χ0) is 14.3. The van der Waals surface area contributed by atoms with Crippen molar-refractivity contribution in [2.24, 2.45) is 11.8 Å². The molecule has 0 N–H and O–H groups in total. The monoisotopic (exact) mass is 266 g/mol. The van der Waals surface area contributed by atoms with E-state index in [1.165, 1.54) is 0 Å². The minimum Gasteiger partial charge on any atom is -0.457 e. The highest BCUT2D eigenvalue weighted by molar-refractivity contribution is 5.88. The van der Waals surface area contributed by atoms with Crippen LogP contribution in [0, 0.1) is 11.8 Å². The Morgan fingerprint density at radius 2 is 2.00 bits per heavy atom. The summed E-state index contributed by atoms with van der Waals surface area (Å²) in [5.41, 5.74) is -1.66. The molecule has 0 radical (unpaired) electrons. The number of hydrogen-bond acceptors (Lipinski definition) is 4. The summed E-state index contributed by atoms with van der Waals surface area (Å²) in [5, 5.41) is 0. The second-order valence-corrected chi connectivity index (χ2v) is 6.60. The molecular formula is C15H22O4. The third-order valence-corrected chi connectivity index (χ3v) is 3.99. The number of ether oxygens (including phenoxy) is 2. The van der Waals surface area contributed by atoms with Crippen LogP contribution in [0.5, 0.6) is 0 Å². The molecule has 2 rings (SSSR count). The van der Waals surface area contributed by atoms with E-state index in [1.807, 2.05) is 20.8 Å². The van der Waals surface area contributed by atoms with E-state index in [2.05, 4.69) is 6.58 Å². The Hall–Kier alpha value is -1.32. The molecule has 0 spiro atoms. The van der Waals surface area contributed by atoms with Gasteiger partial charge in [0.25, 0.3) is 0 Å². The van der Waals surface area contributed by atoms with Crippen molar-refractivity contribution in [3.63, 3.8) is 0 Å². The lowest BCUT2D eigenvalue weighted by Crippen LogP contribution is -2.50. The van der Waals surface area contributed by atoms with E-state index in [1.54, 1.807) is 0 Å². The number of rotatable bonds is 3. The molecule has 19 heavy (non-hydrogen) atoms. The van der Waals surface area contributed by atoms with Crippen LogP contribution in [0.1, 0.15) is 46.5 Å². The smallest absolute Gasteiger partial charge is 0.351 e. The normalized spacial score (nSPS) is 33.0. The predicted molar refractivity (Wildman–Crippen MR) is 70.3 cm³/mol. The molecule has 3 atom stereocenters. The first-order valence-electron chi connectivity index (χ1n) is 6.86. The molecule has 0 aromatic carbocycles. The van der Waals surface area contributed by atoms with Crippen LogP contribution in [0.3, 0.4) is 0 Å². The van der Waals surface area contributed by atoms with Crippen molar-refractivity contribution in [3.8, 4) is 0 Å². The van der Waals surface area contributed by atoms with E-state index >= 15 is 0 Å². The molecule has 106 valence electrons. The molecule has 2 aliphatic rings. The van der Waals surface area contributed by atoms with Crippen molar-refractivity contribution in [1.29, 1.82) is 0 Å². The summed E-state index contributed by atoms with van der Waals surface area (Å²) in [7, 11) is 0. The highest BCUT2D eigenvalue weighted by atomic mass is 16.6. The molecule has 4 heteroatoms. The van der Waals surface area contributed by atoms with E-state index < -0.39 is 23.1 Å². The Labute approximate surface area is 114 Å². The topological polar surface area (TPSA) is 52.6 Å². The second kappa shape index (κ2) is 4.66. The van der Waals surface area contributed by atoms with Gasteiger partial charge in [-0.15, -0.1) is 0 Å². The van der Waals surface area contributed by atoms with E-state index in [4.69, 9.17) is 9.47 Å². The maximum atomic E-state index is 12.5. The average Bonchev–Trinajstić information content (AvgIpc) is 2.87. The Morgan fingerprint density at radius 1 is 1.32 bits per heavy atom. The van der Waals surface area contributed by atoms with Crippen LogP contribution in [-0.4, -0.2) is 23.1 Å². The molecule has 0 aromatic rings. The van der Waals surface area contributed by atoms with Crippen LogP contribution in [0.4, 0.5) is 0 Å². The fraction of sp³-hybridized carbons (Fsp3) is 0.733. The van der Waals surface area contributed by atoms with Gasteiger partial charge in [-0.3, -0.25) is 0 Å². The first kappa shape index (κ1) is 14.1. The van der Waals surface area contributed by atoms with Gasteiger partial charge in [0.1, 0.15) is 5.60 Å². The maximum Gasteiger partial charge on any atom is 0.351 e. The molecule has 0 saturated heterocycles. The van der Waals surface area contributed by atoms with Crippen molar-refractivity contribution >= 4 is 11.9 Å². The summed E-state index contributed by atoms with van der Waals surface area (Å²) in [6, 6.07) is 0. The number of hydrogen-bond donors (Lipinski definition) is 0. The standard InChI is InChI=1S/C15H22O4/c1-5-12(16)18-15(13(17)19-14(2,3)4)9-10-6-7-11(15)8-10/h5,10-11H,1,6-9H2,2-4H3. The van der Waals surface area contributed by atoms with Gasteiger partial charge in [-0.25, -0.2) is 9.59 Å². The van der Waals surface area contributed by atoms with Crippen LogP contribution in [0.2, 0.25) is 0 Å². The number of carbonyl (C=O) groups excluding carboxylic acids is 2. The lowest BCUT2D eigenvalue weighted by atomic mass is 9.83. The van der Waals surface area contributed by atoms with Crippen LogP contribution >= 0.6 is 0 Å². The van der Waals surface area contributed by atoms with Gasteiger partial charge in [-0.1, -0.05) is 6.58 Å². The third-order valence-electron chi connectivity index (χ3n) is 3.99. The summed E-state index contributed by atoms with van der Waals surface area (Å²) in [5.74, 6) is -0.382. The molecule has 0 aromatic heterocycles. The quantitative estimate of drug-likeness (QED) is 0.582. The largest absolute Gasteiger partial charge is 0.457 e. The molecule has 2 aliphatic carbocycles. The fourth-order valence-electron chi connectivity index (χ4n) is 3.28. The Morgan fingerprint density at radius 3 is 2.42 bits per heavy atom. The highest BCUT2D eigenvalue weighted by Gasteiger charge is 2.60. The Bertz CT molecular complexity index is 407. The number of fused-ring (bicyclic) bond motifs is 2. The van der Waals surface area contributed by atoms with Gasteiger partial charge in [0.15, 0.2) is 0 Å². The van der Waals surface area contributed by atoms with Crippen molar-refractivity contribution in [2.75, 3.05) is 0 Å². The van der Waals surface area contributed by atoms with Crippen molar-refractivity contribution < 1.29 is 19.1 Å². The first-order chi connectivity index (χ1) is 8.77. The van der Waals surface area contributed by atoms with Crippen molar-refractivity contribution in [1.82, 2.24) is 0 Å². The van der Waals surface area contributed by atoms with Gasteiger partial charge >= 0.3 is 11.9 Å². The van der Waals surface area contributed by atoms with E-state index in [9.17, 15) is 9.59 Å². The van der Waals surface area contributed by atoms with Crippen LogP contribution in [-0.2, 0) is 19.1 Å². The minimum atomic E-state index is -1.08. The van der Waals surface area contributed by atoms with E-state index in [0.29, 0.717) is 12.3 Å². The number of esters is 2.